The van der Waals surface area contributed by atoms with E-state index in [1.54, 1.807) is 14.2 Å². The second kappa shape index (κ2) is 7.37. The van der Waals surface area contributed by atoms with E-state index in [0.29, 0.717) is 11.6 Å². The molecule has 0 saturated carbocycles. The van der Waals surface area contributed by atoms with Crippen LogP contribution in [-0.4, -0.2) is 25.7 Å². The Balaban J connectivity index is 1.83. The molecule has 1 aliphatic heterocycles. The van der Waals surface area contributed by atoms with Gasteiger partial charge in [0.2, 0.25) is 0 Å². The third kappa shape index (κ3) is 3.37. The Bertz CT molecular complexity index is 734. The van der Waals surface area contributed by atoms with Crippen molar-refractivity contribution in [2.45, 2.75) is 25.4 Å². The van der Waals surface area contributed by atoms with Crippen molar-refractivity contribution in [1.29, 1.82) is 5.26 Å². The molecular formula is C20H22N2O2. The van der Waals surface area contributed by atoms with E-state index in [9.17, 15) is 0 Å². The van der Waals surface area contributed by atoms with Crippen molar-refractivity contribution in [2.75, 3.05) is 20.8 Å². The van der Waals surface area contributed by atoms with Crippen LogP contribution in [0.15, 0.2) is 42.5 Å². The minimum atomic E-state index is 0.325. The fourth-order valence-corrected chi connectivity index (χ4v) is 3.39. The van der Waals surface area contributed by atoms with Gasteiger partial charge in [-0.2, -0.15) is 5.26 Å². The Labute approximate surface area is 143 Å². The van der Waals surface area contributed by atoms with E-state index in [-0.39, 0.29) is 0 Å². The van der Waals surface area contributed by atoms with Crippen molar-refractivity contribution in [2.24, 2.45) is 0 Å². The molecule has 1 heterocycles. The van der Waals surface area contributed by atoms with Crippen LogP contribution in [-0.2, 0) is 6.54 Å². The predicted octanol–water partition coefficient (Wildman–Crippen LogP) is 3.91. The summed E-state index contributed by atoms with van der Waals surface area (Å²) in [4.78, 5) is 2.47. The Morgan fingerprint density at radius 1 is 1.12 bits per heavy atom. The predicted molar refractivity (Wildman–Crippen MR) is 93.1 cm³/mol. The quantitative estimate of drug-likeness (QED) is 0.837. The molecule has 0 aliphatic carbocycles. The smallest absolute Gasteiger partial charge is 0.123 e. The average molecular weight is 322 g/mol. The molecular weight excluding hydrogens is 300 g/mol. The lowest BCUT2D eigenvalue weighted by Crippen LogP contribution is -2.23. The topological polar surface area (TPSA) is 45.5 Å². The zero-order valence-electron chi connectivity index (χ0n) is 14.2. The highest BCUT2D eigenvalue weighted by Gasteiger charge is 2.28. The summed E-state index contributed by atoms with van der Waals surface area (Å²) < 4.78 is 11.0. The summed E-state index contributed by atoms with van der Waals surface area (Å²) >= 11 is 0. The molecule has 2 aromatic carbocycles. The third-order valence-electron chi connectivity index (χ3n) is 4.63. The van der Waals surface area contributed by atoms with Crippen LogP contribution < -0.4 is 9.47 Å². The lowest BCUT2D eigenvalue weighted by atomic mass is 10.0. The normalized spacial score (nSPS) is 17.5. The molecule has 0 amide bonds. The third-order valence-corrected chi connectivity index (χ3v) is 4.63. The van der Waals surface area contributed by atoms with Gasteiger partial charge in [0.25, 0.3) is 0 Å². The maximum Gasteiger partial charge on any atom is 0.123 e. The Hall–Kier alpha value is -2.51. The summed E-state index contributed by atoms with van der Waals surface area (Å²) in [6.45, 7) is 1.93. The summed E-state index contributed by atoms with van der Waals surface area (Å²) in [5, 5.41) is 8.92. The maximum absolute atomic E-state index is 8.92. The number of ether oxygens (including phenoxy) is 2. The van der Waals surface area contributed by atoms with Crippen LogP contribution in [0.3, 0.4) is 0 Å². The van der Waals surface area contributed by atoms with Gasteiger partial charge in [-0.25, -0.2) is 0 Å². The molecule has 24 heavy (non-hydrogen) atoms. The molecule has 1 saturated heterocycles. The van der Waals surface area contributed by atoms with Gasteiger partial charge in [0.15, 0.2) is 0 Å². The van der Waals surface area contributed by atoms with Crippen LogP contribution in [0.2, 0.25) is 0 Å². The standard InChI is InChI=1S/C20H22N2O2/c1-23-17-9-10-20(24-2)18(12-17)19-4-3-11-22(19)14-16-7-5-15(13-21)6-8-16/h5-10,12,19H,3-4,11,14H2,1-2H3. The van der Waals surface area contributed by atoms with Gasteiger partial charge >= 0.3 is 0 Å². The number of hydrogen-bond donors (Lipinski definition) is 0. The molecule has 1 unspecified atom stereocenters. The zero-order valence-corrected chi connectivity index (χ0v) is 14.2. The Kier molecular flexibility index (Phi) is 5.02. The van der Waals surface area contributed by atoms with Gasteiger partial charge in [-0.15, -0.1) is 0 Å². The molecule has 2 aromatic rings. The summed E-state index contributed by atoms with van der Waals surface area (Å²) in [5.74, 6) is 1.77. The highest BCUT2D eigenvalue weighted by Crippen LogP contribution is 2.39. The fourth-order valence-electron chi connectivity index (χ4n) is 3.39. The van der Waals surface area contributed by atoms with E-state index < -0.39 is 0 Å². The van der Waals surface area contributed by atoms with Gasteiger partial charge < -0.3 is 9.47 Å². The van der Waals surface area contributed by atoms with E-state index in [1.807, 2.05) is 36.4 Å². The van der Waals surface area contributed by atoms with Crippen LogP contribution in [0.25, 0.3) is 0 Å². The van der Waals surface area contributed by atoms with Crippen molar-refractivity contribution in [3.8, 4) is 17.6 Å². The number of nitrogens with zero attached hydrogens (tertiary/aromatic N) is 2. The number of methoxy groups -OCH3 is 2. The maximum atomic E-state index is 8.92. The van der Waals surface area contributed by atoms with E-state index >= 15 is 0 Å². The lowest BCUT2D eigenvalue weighted by molar-refractivity contribution is 0.242. The average Bonchev–Trinajstić information content (AvgIpc) is 3.09. The highest BCUT2D eigenvalue weighted by atomic mass is 16.5. The zero-order chi connectivity index (χ0) is 16.9. The van der Waals surface area contributed by atoms with Crippen molar-refractivity contribution in [3.63, 3.8) is 0 Å². The van der Waals surface area contributed by atoms with E-state index in [0.717, 1.165) is 31.0 Å². The summed E-state index contributed by atoms with van der Waals surface area (Å²) in [7, 11) is 3.40. The van der Waals surface area contributed by atoms with Crippen molar-refractivity contribution < 1.29 is 9.47 Å². The molecule has 4 nitrogen and oxygen atoms in total. The molecule has 0 aromatic heterocycles. The van der Waals surface area contributed by atoms with Gasteiger partial charge in [-0.3, -0.25) is 4.90 Å². The van der Waals surface area contributed by atoms with E-state index in [4.69, 9.17) is 14.7 Å². The van der Waals surface area contributed by atoms with Crippen LogP contribution in [0, 0.1) is 11.3 Å². The van der Waals surface area contributed by atoms with Crippen LogP contribution in [0.5, 0.6) is 11.5 Å². The van der Waals surface area contributed by atoms with Gasteiger partial charge in [0.1, 0.15) is 11.5 Å². The van der Waals surface area contributed by atoms with E-state index in [2.05, 4.69) is 17.0 Å². The first-order valence-electron chi connectivity index (χ1n) is 8.20. The molecule has 124 valence electrons. The Morgan fingerprint density at radius 2 is 1.92 bits per heavy atom. The molecule has 0 N–H and O–H groups in total. The lowest BCUT2D eigenvalue weighted by Gasteiger charge is -2.26. The first-order chi connectivity index (χ1) is 11.7. The van der Waals surface area contributed by atoms with Crippen molar-refractivity contribution in [3.05, 3.63) is 59.2 Å². The molecule has 0 spiro atoms. The SMILES string of the molecule is COc1ccc(OC)c(C2CCCN2Cc2ccc(C#N)cc2)c1. The first-order valence-corrected chi connectivity index (χ1v) is 8.20. The van der Waals surface area contributed by atoms with Crippen LogP contribution in [0.1, 0.15) is 35.6 Å². The number of benzene rings is 2. The number of nitriles is 1. The molecule has 4 heteroatoms. The number of hydrogen-bond acceptors (Lipinski definition) is 4. The number of likely N-dealkylation sites (tertiary alicyclic amines) is 1. The van der Waals surface area contributed by atoms with Gasteiger partial charge in [0, 0.05) is 18.2 Å². The second-order valence-electron chi connectivity index (χ2n) is 6.05. The molecule has 3 rings (SSSR count). The Morgan fingerprint density at radius 3 is 2.58 bits per heavy atom. The summed E-state index contributed by atoms with van der Waals surface area (Å²) in [6.07, 6.45) is 2.28. The molecule has 0 bridgehead atoms. The molecule has 1 fully saturated rings. The molecule has 1 aliphatic rings. The van der Waals surface area contributed by atoms with Crippen molar-refractivity contribution in [1.82, 2.24) is 4.90 Å². The minimum absolute atomic E-state index is 0.325. The van der Waals surface area contributed by atoms with E-state index in [1.165, 1.54) is 17.5 Å². The molecule has 0 radical (unpaired) electrons. The van der Waals surface area contributed by atoms with Gasteiger partial charge in [0.05, 0.1) is 25.9 Å². The van der Waals surface area contributed by atoms with Crippen molar-refractivity contribution >= 4 is 0 Å². The summed E-state index contributed by atoms with van der Waals surface area (Å²) in [6, 6.07) is 16.3. The van der Waals surface area contributed by atoms with Crippen LogP contribution >= 0.6 is 0 Å². The fraction of sp³-hybridized carbons (Fsp3) is 0.350. The second-order valence-corrected chi connectivity index (χ2v) is 6.05. The first kappa shape index (κ1) is 16.4. The summed E-state index contributed by atoms with van der Waals surface area (Å²) in [5.41, 5.74) is 3.11. The number of rotatable bonds is 5. The minimum Gasteiger partial charge on any atom is -0.497 e. The molecule has 1 atom stereocenters. The van der Waals surface area contributed by atoms with Gasteiger partial charge in [-0.05, 0) is 55.3 Å². The largest absolute Gasteiger partial charge is 0.497 e. The van der Waals surface area contributed by atoms with Gasteiger partial charge in [-0.1, -0.05) is 12.1 Å². The monoisotopic (exact) mass is 322 g/mol. The van der Waals surface area contributed by atoms with Crippen LogP contribution in [0.4, 0.5) is 0 Å². The highest BCUT2D eigenvalue weighted by molar-refractivity contribution is 5.43.